The monoisotopic (exact) mass is 369 g/mol. The number of hydrogen-bond donors (Lipinski definition) is 0. The van der Waals surface area contributed by atoms with Gasteiger partial charge in [-0.25, -0.2) is 0 Å². The van der Waals surface area contributed by atoms with Crippen LogP contribution in [0.5, 0.6) is 5.75 Å². The molecule has 0 bridgehead atoms. The molecule has 0 saturated heterocycles. The third-order valence-electron chi connectivity index (χ3n) is 7.36. The van der Waals surface area contributed by atoms with Gasteiger partial charge in [0.25, 0.3) is 0 Å². The molecule has 4 rings (SSSR count). The Bertz CT molecular complexity index is 804. The van der Waals surface area contributed by atoms with Crippen LogP contribution in [0.1, 0.15) is 56.6 Å². The number of esters is 1. The van der Waals surface area contributed by atoms with Crippen molar-refractivity contribution in [3.8, 4) is 5.75 Å². The third-order valence-corrected chi connectivity index (χ3v) is 7.36. The Kier molecular flexibility index (Phi) is 4.55. The number of hydrogen-bond acceptors (Lipinski definition) is 4. The molecular formula is C21H27N3O3. The van der Waals surface area contributed by atoms with Crippen LogP contribution in [0.25, 0.3) is 10.4 Å². The summed E-state index contributed by atoms with van der Waals surface area (Å²) in [4.78, 5) is 14.7. The van der Waals surface area contributed by atoms with Gasteiger partial charge in [-0.15, -0.1) is 0 Å². The van der Waals surface area contributed by atoms with Crippen LogP contribution in [0.3, 0.4) is 0 Å². The van der Waals surface area contributed by atoms with Gasteiger partial charge in [0.2, 0.25) is 0 Å². The molecule has 0 N–H and O–H groups in total. The average Bonchev–Trinajstić information content (AvgIpc) is 2.93. The zero-order chi connectivity index (χ0) is 19.2. The molecule has 0 heterocycles. The summed E-state index contributed by atoms with van der Waals surface area (Å²) in [5, 5.41) is 4.02. The van der Waals surface area contributed by atoms with Crippen molar-refractivity contribution in [2.45, 2.75) is 64.0 Å². The van der Waals surface area contributed by atoms with E-state index in [9.17, 15) is 4.79 Å². The summed E-state index contributed by atoms with van der Waals surface area (Å²) in [5.41, 5.74) is 11.8. The number of fused-ring (bicyclic) bond motifs is 5. The fourth-order valence-electron chi connectivity index (χ4n) is 6.22. The Balaban J connectivity index is 1.67. The molecule has 6 nitrogen and oxygen atoms in total. The molecular weight excluding hydrogens is 342 g/mol. The fourth-order valence-corrected chi connectivity index (χ4v) is 6.22. The molecule has 1 aromatic rings. The lowest BCUT2D eigenvalue weighted by atomic mass is 9.55. The Morgan fingerprint density at radius 1 is 1.37 bits per heavy atom. The lowest BCUT2D eigenvalue weighted by Gasteiger charge is -2.50. The molecule has 3 aliphatic rings. The zero-order valence-electron chi connectivity index (χ0n) is 16.2. The summed E-state index contributed by atoms with van der Waals surface area (Å²) in [7, 11) is 1.71. The number of benzene rings is 1. The first kappa shape index (κ1) is 18.2. The van der Waals surface area contributed by atoms with Gasteiger partial charge in [-0.3, -0.25) is 4.79 Å². The van der Waals surface area contributed by atoms with E-state index in [0.717, 1.165) is 37.9 Å². The maximum absolute atomic E-state index is 11.7. The van der Waals surface area contributed by atoms with E-state index in [-0.39, 0.29) is 23.5 Å². The van der Waals surface area contributed by atoms with Crippen LogP contribution in [0.4, 0.5) is 0 Å². The predicted molar refractivity (Wildman–Crippen MR) is 101 cm³/mol. The van der Waals surface area contributed by atoms with Crippen molar-refractivity contribution >= 4 is 5.97 Å². The van der Waals surface area contributed by atoms with Gasteiger partial charge in [0.15, 0.2) is 0 Å². The highest BCUT2D eigenvalue weighted by atomic mass is 16.5. The van der Waals surface area contributed by atoms with Gasteiger partial charge >= 0.3 is 5.97 Å². The molecule has 2 saturated carbocycles. The van der Waals surface area contributed by atoms with Gasteiger partial charge in [-0.05, 0) is 78.6 Å². The van der Waals surface area contributed by atoms with E-state index >= 15 is 0 Å². The molecule has 144 valence electrons. The van der Waals surface area contributed by atoms with Crippen molar-refractivity contribution in [2.75, 3.05) is 7.11 Å². The standard InChI is InChI=1S/C21H27N3O3/c1-12(25)27-20-19(23-24-22)11-18-17-6-4-13-10-14(26-3)5-7-15(13)16(17)8-9-21(18,20)2/h5,7,10,16-20H,4,6,8-9,11H2,1-3H3/t16-,17-,18+,19-,20-,21+/m1/s1. The minimum Gasteiger partial charge on any atom is -0.497 e. The minimum absolute atomic E-state index is 0.115. The summed E-state index contributed by atoms with van der Waals surface area (Å²) < 4.78 is 11.1. The number of carbonyl (C=O) groups excluding carboxylic acids is 1. The summed E-state index contributed by atoms with van der Waals surface area (Å²) in [6.45, 7) is 3.68. The highest BCUT2D eigenvalue weighted by Gasteiger charge is 2.59. The van der Waals surface area contributed by atoms with Crippen LogP contribution in [-0.4, -0.2) is 25.2 Å². The van der Waals surface area contributed by atoms with Crippen LogP contribution < -0.4 is 4.74 Å². The number of azide groups is 1. The Morgan fingerprint density at radius 3 is 2.89 bits per heavy atom. The lowest BCUT2D eigenvalue weighted by molar-refractivity contribution is -0.155. The number of nitrogens with zero attached hydrogens (tertiary/aromatic N) is 3. The molecule has 0 aliphatic heterocycles. The Labute approximate surface area is 159 Å². The van der Waals surface area contributed by atoms with Crippen LogP contribution >= 0.6 is 0 Å². The number of carbonyl (C=O) groups is 1. The third kappa shape index (κ3) is 2.87. The van der Waals surface area contributed by atoms with Crippen molar-refractivity contribution in [3.05, 3.63) is 39.8 Å². The van der Waals surface area contributed by atoms with Crippen LogP contribution in [0, 0.1) is 17.3 Å². The molecule has 6 atom stereocenters. The van der Waals surface area contributed by atoms with Crippen molar-refractivity contribution in [2.24, 2.45) is 22.4 Å². The normalized spacial score (nSPS) is 36.6. The van der Waals surface area contributed by atoms with E-state index in [1.165, 1.54) is 18.1 Å². The predicted octanol–water partition coefficient (Wildman–Crippen LogP) is 4.77. The molecule has 27 heavy (non-hydrogen) atoms. The molecule has 3 aliphatic carbocycles. The van der Waals surface area contributed by atoms with E-state index < -0.39 is 0 Å². The summed E-state index contributed by atoms with van der Waals surface area (Å²) in [5.74, 6) is 2.11. The van der Waals surface area contributed by atoms with Crippen molar-refractivity contribution < 1.29 is 14.3 Å². The first-order valence-electron chi connectivity index (χ1n) is 9.86. The number of ether oxygens (including phenoxy) is 2. The maximum Gasteiger partial charge on any atom is 0.302 e. The molecule has 0 aromatic heterocycles. The second kappa shape index (κ2) is 6.75. The van der Waals surface area contributed by atoms with Crippen LogP contribution in [0.2, 0.25) is 0 Å². The van der Waals surface area contributed by atoms with Gasteiger partial charge in [0.05, 0.1) is 13.2 Å². The Hall–Kier alpha value is -2.20. The first-order valence-corrected chi connectivity index (χ1v) is 9.86. The SMILES string of the molecule is COc1ccc2c(c1)CC[C@@H]1[C@@H]2CC[C@]2(C)[C@H](OC(C)=O)[C@H](N=[N+]=[N-])C[C@@H]12. The summed E-state index contributed by atoms with van der Waals surface area (Å²) >= 11 is 0. The van der Waals surface area contributed by atoms with E-state index in [1.54, 1.807) is 7.11 Å². The topological polar surface area (TPSA) is 84.3 Å². The maximum atomic E-state index is 11.7. The van der Waals surface area contributed by atoms with E-state index in [4.69, 9.17) is 15.0 Å². The second-order valence-electron chi connectivity index (χ2n) is 8.56. The average molecular weight is 369 g/mol. The van der Waals surface area contributed by atoms with Gasteiger partial charge in [0, 0.05) is 17.3 Å². The molecule has 0 unspecified atom stereocenters. The van der Waals surface area contributed by atoms with Gasteiger partial charge in [0.1, 0.15) is 11.9 Å². The number of aryl methyl sites for hydroxylation is 1. The van der Waals surface area contributed by atoms with Gasteiger partial charge in [-0.1, -0.05) is 18.1 Å². The molecule has 0 radical (unpaired) electrons. The van der Waals surface area contributed by atoms with Gasteiger partial charge in [-0.2, -0.15) is 0 Å². The first-order chi connectivity index (χ1) is 13.0. The number of rotatable bonds is 3. The quantitative estimate of drug-likeness (QED) is 0.333. The fraction of sp³-hybridized carbons (Fsp3) is 0.667. The van der Waals surface area contributed by atoms with Crippen LogP contribution in [0.15, 0.2) is 23.3 Å². The smallest absolute Gasteiger partial charge is 0.302 e. The largest absolute Gasteiger partial charge is 0.497 e. The molecule has 0 amide bonds. The highest BCUT2D eigenvalue weighted by molar-refractivity contribution is 5.66. The molecule has 2 fully saturated rings. The highest BCUT2D eigenvalue weighted by Crippen LogP contribution is 2.62. The zero-order valence-corrected chi connectivity index (χ0v) is 16.2. The molecule has 6 heteroatoms. The molecule has 1 aromatic carbocycles. The van der Waals surface area contributed by atoms with Crippen molar-refractivity contribution in [1.29, 1.82) is 0 Å². The van der Waals surface area contributed by atoms with E-state index in [2.05, 4.69) is 35.1 Å². The lowest BCUT2D eigenvalue weighted by Crippen LogP contribution is -2.46. The van der Waals surface area contributed by atoms with E-state index in [1.807, 2.05) is 0 Å². The second-order valence-corrected chi connectivity index (χ2v) is 8.56. The van der Waals surface area contributed by atoms with E-state index in [0.29, 0.717) is 17.8 Å². The summed E-state index contributed by atoms with van der Waals surface area (Å²) in [6, 6.07) is 6.22. The van der Waals surface area contributed by atoms with Crippen LogP contribution in [-0.2, 0) is 16.0 Å². The van der Waals surface area contributed by atoms with Crippen molar-refractivity contribution in [1.82, 2.24) is 0 Å². The minimum atomic E-state index is -0.311. The Morgan fingerprint density at radius 2 is 2.19 bits per heavy atom. The summed E-state index contributed by atoms with van der Waals surface area (Å²) in [6.07, 6.45) is 4.74. The van der Waals surface area contributed by atoms with Gasteiger partial charge < -0.3 is 9.47 Å². The number of methoxy groups -OCH3 is 1. The molecule has 0 spiro atoms. The van der Waals surface area contributed by atoms with Crippen molar-refractivity contribution in [3.63, 3.8) is 0 Å².